The minimum atomic E-state index is 1.14. The van der Waals surface area contributed by atoms with Gasteiger partial charge in [-0.05, 0) is 58.2 Å². The highest BCUT2D eigenvalue weighted by molar-refractivity contribution is 9.09. The van der Waals surface area contributed by atoms with Crippen molar-refractivity contribution in [1.29, 1.82) is 0 Å². The first-order chi connectivity index (χ1) is 29.4. The lowest BCUT2D eigenvalue weighted by Gasteiger charge is -2.04. The van der Waals surface area contributed by atoms with Gasteiger partial charge in [0.25, 0.3) is 0 Å². The van der Waals surface area contributed by atoms with Gasteiger partial charge in [-0.2, -0.15) is 0 Å². The maximum absolute atomic E-state index is 4.52. The SMILES string of the molecule is CCCCCCCCCCCCSSSCCCCCCCCCCCCc1nnc(CCCCCCCCCCCCSSSCCCCCCCCCCCC)s1. The first-order valence-electron chi connectivity index (χ1n) is 26.0. The van der Waals surface area contributed by atoms with Gasteiger partial charge in [0.2, 0.25) is 0 Å². The van der Waals surface area contributed by atoms with Crippen molar-refractivity contribution in [2.75, 3.05) is 23.0 Å². The first-order valence-corrected chi connectivity index (χ1v) is 34.5. The first kappa shape index (κ1) is 58.7. The van der Waals surface area contributed by atoms with E-state index in [0.29, 0.717) is 0 Å². The molecule has 0 aliphatic rings. The molecule has 0 amide bonds. The fraction of sp³-hybridized carbons (Fsp3) is 0.960. The summed E-state index contributed by atoms with van der Waals surface area (Å²) in [5, 5.41) is 11.6. The van der Waals surface area contributed by atoms with Crippen molar-refractivity contribution >= 4 is 74.2 Å². The molecule has 1 rings (SSSR count). The van der Waals surface area contributed by atoms with Crippen LogP contribution in [0.3, 0.4) is 0 Å². The minimum absolute atomic E-state index is 1.14. The van der Waals surface area contributed by atoms with Crippen molar-refractivity contribution in [1.82, 2.24) is 10.2 Å². The molecule has 0 aromatic carbocycles. The van der Waals surface area contributed by atoms with Gasteiger partial charge in [0, 0.05) is 35.9 Å². The quantitative estimate of drug-likeness (QED) is 0.0471. The van der Waals surface area contributed by atoms with E-state index < -0.39 is 0 Å². The third-order valence-electron chi connectivity index (χ3n) is 11.6. The van der Waals surface area contributed by atoms with E-state index in [9.17, 15) is 0 Å². The smallest absolute Gasteiger partial charge is 0.117 e. The number of aryl methyl sites for hydroxylation is 2. The van der Waals surface area contributed by atoms with Crippen molar-refractivity contribution in [2.24, 2.45) is 0 Å². The summed E-state index contributed by atoms with van der Waals surface area (Å²) in [6.07, 6.45) is 59.2. The van der Waals surface area contributed by atoms with E-state index >= 15 is 0 Å². The molecule has 2 nitrogen and oxygen atoms in total. The van der Waals surface area contributed by atoms with Crippen LogP contribution in [0.1, 0.15) is 281 Å². The number of hydrogen-bond donors (Lipinski definition) is 0. The Morgan fingerprint density at radius 3 is 0.712 bits per heavy atom. The van der Waals surface area contributed by atoms with Crippen molar-refractivity contribution in [3.8, 4) is 0 Å². The van der Waals surface area contributed by atoms with Crippen molar-refractivity contribution in [3.05, 3.63) is 10.0 Å². The molecule has 0 fully saturated rings. The van der Waals surface area contributed by atoms with Crippen LogP contribution in [0.25, 0.3) is 0 Å². The summed E-state index contributed by atoms with van der Waals surface area (Å²) < 4.78 is 0. The van der Waals surface area contributed by atoms with Gasteiger partial charge in [-0.25, -0.2) is 0 Å². The second kappa shape index (κ2) is 52.3. The molecule has 0 aliphatic carbocycles. The molecular formula is C50H98N2S7. The third kappa shape index (κ3) is 47.4. The molecule has 0 radical (unpaired) electrons. The van der Waals surface area contributed by atoms with Gasteiger partial charge in [-0.1, -0.05) is 275 Å². The lowest BCUT2D eigenvalue weighted by Crippen LogP contribution is -1.87. The number of aromatic nitrogens is 2. The summed E-state index contributed by atoms with van der Waals surface area (Å²) in [6.45, 7) is 4.61. The van der Waals surface area contributed by atoms with Crippen molar-refractivity contribution < 1.29 is 0 Å². The average Bonchev–Trinajstić information content (AvgIpc) is 3.71. The molecule has 0 atom stereocenters. The van der Waals surface area contributed by atoms with Crippen LogP contribution in [-0.4, -0.2) is 33.2 Å². The fourth-order valence-electron chi connectivity index (χ4n) is 7.69. The Hall–Kier alpha value is 1.66. The topological polar surface area (TPSA) is 25.8 Å². The number of hydrogen-bond acceptors (Lipinski definition) is 9. The van der Waals surface area contributed by atoms with Crippen molar-refractivity contribution in [3.63, 3.8) is 0 Å². The second-order valence-corrected chi connectivity index (χ2v) is 27.5. The molecule has 9 heteroatoms. The molecule has 0 saturated carbocycles. The van der Waals surface area contributed by atoms with E-state index in [2.05, 4.69) is 86.9 Å². The fourth-order valence-corrected chi connectivity index (χ4v) is 16.6. The van der Waals surface area contributed by atoms with Crippen LogP contribution in [0.2, 0.25) is 0 Å². The predicted octanol–water partition coefficient (Wildman–Crippen LogP) is 21.3. The van der Waals surface area contributed by atoms with Gasteiger partial charge < -0.3 is 0 Å². The minimum Gasteiger partial charge on any atom is -0.144 e. The highest BCUT2D eigenvalue weighted by atomic mass is 33.5. The lowest BCUT2D eigenvalue weighted by atomic mass is 10.1. The third-order valence-corrected chi connectivity index (χ3v) is 21.5. The largest absolute Gasteiger partial charge is 0.144 e. The second-order valence-electron chi connectivity index (χ2n) is 17.4. The molecular weight excluding hydrogens is 853 g/mol. The Morgan fingerprint density at radius 1 is 0.271 bits per heavy atom. The number of unbranched alkanes of at least 4 members (excludes halogenated alkanes) is 36. The Kier molecular flexibility index (Phi) is 52.0. The van der Waals surface area contributed by atoms with E-state index in [1.54, 1.807) is 0 Å². The molecule has 0 unspecified atom stereocenters. The Balaban J connectivity index is 1.71. The Morgan fingerprint density at radius 2 is 0.475 bits per heavy atom. The van der Waals surface area contributed by atoms with E-state index in [1.165, 1.54) is 290 Å². The number of rotatable bonds is 52. The van der Waals surface area contributed by atoms with E-state index in [0.717, 1.165) is 12.8 Å². The Bertz CT molecular complexity index is 836. The van der Waals surface area contributed by atoms with E-state index in [1.807, 2.05) is 11.3 Å². The van der Waals surface area contributed by atoms with Gasteiger partial charge in [0.1, 0.15) is 10.0 Å². The highest BCUT2D eigenvalue weighted by Crippen LogP contribution is 2.37. The highest BCUT2D eigenvalue weighted by Gasteiger charge is 2.05. The molecule has 0 spiro atoms. The van der Waals surface area contributed by atoms with Crippen molar-refractivity contribution in [2.45, 2.75) is 284 Å². The molecule has 350 valence electrons. The van der Waals surface area contributed by atoms with Crippen LogP contribution < -0.4 is 0 Å². The van der Waals surface area contributed by atoms with Gasteiger partial charge in [0.05, 0.1) is 0 Å². The monoisotopic (exact) mass is 951 g/mol. The molecule has 0 aliphatic heterocycles. The molecule has 1 aromatic rings. The zero-order chi connectivity index (χ0) is 42.0. The maximum atomic E-state index is 4.52. The zero-order valence-electron chi connectivity index (χ0n) is 39.3. The van der Waals surface area contributed by atoms with E-state index in [4.69, 9.17) is 0 Å². The van der Waals surface area contributed by atoms with Gasteiger partial charge >= 0.3 is 0 Å². The molecule has 1 aromatic heterocycles. The van der Waals surface area contributed by atoms with Crippen LogP contribution in [0.4, 0.5) is 0 Å². The van der Waals surface area contributed by atoms with E-state index in [-0.39, 0.29) is 0 Å². The molecule has 1 heterocycles. The average molecular weight is 952 g/mol. The summed E-state index contributed by atoms with van der Waals surface area (Å²) in [7, 11) is 12.5. The summed E-state index contributed by atoms with van der Waals surface area (Å²) in [5.74, 6) is 5.36. The summed E-state index contributed by atoms with van der Waals surface area (Å²) in [6, 6.07) is 0. The maximum Gasteiger partial charge on any atom is 0.117 e. The summed E-state index contributed by atoms with van der Waals surface area (Å²) >= 11 is 1.89. The molecule has 0 N–H and O–H groups in total. The van der Waals surface area contributed by atoms with Crippen LogP contribution in [0.5, 0.6) is 0 Å². The van der Waals surface area contributed by atoms with Crippen LogP contribution in [0.15, 0.2) is 0 Å². The number of nitrogens with zero attached hydrogens (tertiary/aromatic N) is 2. The summed E-state index contributed by atoms with van der Waals surface area (Å²) in [4.78, 5) is 0. The van der Waals surface area contributed by atoms with Gasteiger partial charge in [0.15, 0.2) is 0 Å². The summed E-state index contributed by atoms with van der Waals surface area (Å²) in [5.41, 5.74) is 0. The predicted molar refractivity (Wildman–Crippen MR) is 288 cm³/mol. The van der Waals surface area contributed by atoms with Gasteiger partial charge in [-0.15, -0.1) is 21.5 Å². The van der Waals surface area contributed by atoms with Gasteiger partial charge in [-0.3, -0.25) is 0 Å². The molecule has 0 saturated heterocycles. The molecule has 59 heavy (non-hydrogen) atoms. The lowest BCUT2D eigenvalue weighted by molar-refractivity contribution is 0.556. The molecule has 0 bridgehead atoms. The zero-order valence-corrected chi connectivity index (χ0v) is 45.0. The van der Waals surface area contributed by atoms with Crippen LogP contribution in [-0.2, 0) is 12.8 Å². The standard InChI is InChI=1S/C50H98N2S7/c1-3-5-7-9-11-13-21-27-33-39-45-53-58-55-47-41-35-29-23-17-15-19-25-31-37-43-49-51-52-50(57-49)44-38-32-26-20-16-18-24-30-36-42-48-56-59-54-46-40-34-28-22-14-12-10-8-6-4-2/h3-48H2,1-2H3. The van der Waals surface area contributed by atoms with Crippen LogP contribution >= 0.6 is 74.2 Å². The Labute approximate surface area is 397 Å². The van der Waals surface area contributed by atoms with Crippen LogP contribution in [0, 0.1) is 0 Å². The normalized spacial score (nSPS) is 11.7.